The molecule has 6 heteroatoms. The van der Waals surface area contributed by atoms with Gasteiger partial charge in [-0.2, -0.15) is 0 Å². The molecule has 0 aliphatic carbocycles. The molecule has 1 saturated heterocycles. The molecule has 1 aromatic carbocycles. The number of amides is 3. The Balaban J connectivity index is 1.97. The van der Waals surface area contributed by atoms with Crippen molar-refractivity contribution >= 4 is 11.9 Å². The zero-order valence-corrected chi connectivity index (χ0v) is 14.8. The summed E-state index contributed by atoms with van der Waals surface area (Å²) in [5.74, 6) is -0.153. The zero-order chi connectivity index (χ0) is 17.6. The first-order valence-electron chi connectivity index (χ1n) is 8.39. The number of hydrogen-bond acceptors (Lipinski definition) is 3. The van der Waals surface area contributed by atoms with Crippen LogP contribution in [0.5, 0.6) is 0 Å². The van der Waals surface area contributed by atoms with Gasteiger partial charge in [-0.3, -0.25) is 4.79 Å². The largest absolute Gasteiger partial charge is 0.354 e. The number of carbonyl (C=O) groups excluding carboxylic acids is 2. The van der Waals surface area contributed by atoms with Crippen LogP contribution in [-0.2, 0) is 10.2 Å². The van der Waals surface area contributed by atoms with Crippen LogP contribution in [0.1, 0.15) is 18.4 Å². The first-order valence-corrected chi connectivity index (χ1v) is 8.39. The molecule has 0 saturated carbocycles. The van der Waals surface area contributed by atoms with Crippen molar-refractivity contribution in [1.82, 2.24) is 20.4 Å². The predicted octanol–water partition coefficient (Wildman–Crippen LogP) is 1.04. The van der Waals surface area contributed by atoms with Gasteiger partial charge in [-0.25, -0.2) is 4.79 Å². The lowest BCUT2D eigenvalue weighted by atomic mass is 9.72. The van der Waals surface area contributed by atoms with E-state index in [-0.39, 0.29) is 23.9 Å². The number of carbonyl (C=O) groups is 2. The van der Waals surface area contributed by atoms with Gasteiger partial charge in [-0.1, -0.05) is 30.3 Å². The summed E-state index contributed by atoms with van der Waals surface area (Å²) in [4.78, 5) is 27.3. The number of likely N-dealkylation sites (tertiary alicyclic amines) is 1. The molecule has 0 spiro atoms. The number of benzene rings is 1. The van der Waals surface area contributed by atoms with E-state index in [0.29, 0.717) is 6.54 Å². The first kappa shape index (κ1) is 18.3. The van der Waals surface area contributed by atoms with E-state index in [2.05, 4.69) is 46.8 Å². The third-order valence-corrected chi connectivity index (χ3v) is 4.76. The van der Waals surface area contributed by atoms with Crippen molar-refractivity contribution in [3.8, 4) is 0 Å². The first-order chi connectivity index (χ1) is 11.4. The van der Waals surface area contributed by atoms with Crippen molar-refractivity contribution in [3.05, 3.63) is 35.9 Å². The monoisotopic (exact) mass is 332 g/mol. The molecule has 3 amide bonds. The molecule has 0 bridgehead atoms. The van der Waals surface area contributed by atoms with Crippen LogP contribution in [0, 0.1) is 0 Å². The smallest absolute Gasteiger partial charge is 0.317 e. The van der Waals surface area contributed by atoms with Crippen LogP contribution >= 0.6 is 0 Å². The van der Waals surface area contributed by atoms with Crippen LogP contribution in [-0.4, -0.2) is 69.1 Å². The molecule has 24 heavy (non-hydrogen) atoms. The molecular formula is C18H28N4O2. The van der Waals surface area contributed by atoms with E-state index in [0.717, 1.165) is 25.9 Å². The maximum atomic E-state index is 12.1. The summed E-state index contributed by atoms with van der Waals surface area (Å²) in [5, 5.41) is 5.61. The third-order valence-electron chi connectivity index (χ3n) is 4.76. The number of rotatable bonds is 5. The summed E-state index contributed by atoms with van der Waals surface area (Å²) >= 11 is 0. The molecule has 1 heterocycles. The summed E-state index contributed by atoms with van der Waals surface area (Å²) in [5.41, 5.74) is 1.24. The van der Waals surface area contributed by atoms with Gasteiger partial charge in [0, 0.05) is 26.1 Å². The molecule has 0 atom stereocenters. The van der Waals surface area contributed by atoms with Gasteiger partial charge in [-0.05, 0) is 38.5 Å². The summed E-state index contributed by atoms with van der Waals surface area (Å²) < 4.78 is 0. The maximum Gasteiger partial charge on any atom is 0.317 e. The predicted molar refractivity (Wildman–Crippen MR) is 94.9 cm³/mol. The normalized spacial score (nSPS) is 17.1. The quantitative estimate of drug-likeness (QED) is 0.847. The molecule has 1 aromatic rings. The molecular weight excluding hydrogens is 304 g/mol. The van der Waals surface area contributed by atoms with Crippen LogP contribution < -0.4 is 10.6 Å². The minimum absolute atomic E-state index is 0.00177. The maximum absolute atomic E-state index is 12.1. The van der Waals surface area contributed by atoms with Gasteiger partial charge in [0.15, 0.2) is 0 Å². The highest BCUT2D eigenvalue weighted by Gasteiger charge is 2.35. The van der Waals surface area contributed by atoms with Crippen molar-refractivity contribution in [2.75, 3.05) is 47.3 Å². The highest BCUT2D eigenvalue weighted by atomic mass is 16.2. The van der Waals surface area contributed by atoms with E-state index in [1.807, 2.05) is 6.07 Å². The summed E-state index contributed by atoms with van der Waals surface area (Å²) in [7, 11) is 5.43. The number of hydrogen-bond donors (Lipinski definition) is 2. The van der Waals surface area contributed by atoms with E-state index in [9.17, 15) is 9.59 Å². The van der Waals surface area contributed by atoms with Crippen molar-refractivity contribution < 1.29 is 9.59 Å². The number of nitrogens with zero attached hydrogens (tertiary/aromatic N) is 2. The van der Waals surface area contributed by atoms with Gasteiger partial charge in [0.25, 0.3) is 0 Å². The topological polar surface area (TPSA) is 64.7 Å². The Morgan fingerprint density at radius 1 is 1.12 bits per heavy atom. The number of nitrogens with one attached hydrogen (secondary N) is 2. The van der Waals surface area contributed by atoms with Gasteiger partial charge in [-0.15, -0.1) is 0 Å². The summed E-state index contributed by atoms with van der Waals surface area (Å²) in [6, 6.07) is 10.1. The van der Waals surface area contributed by atoms with E-state index >= 15 is 0 Å². The molecule has 0 radical (unpaired) electrons. The van der Waals surface area contributed by atoms with Crippen LogP contribution in [0.2, 0.25) is 0 Å². The second-order valence-corrected chi connectivity index (χ2v) is 6.78. The fraction of sp³-hybridized carbons (Fsp3) is 0.556. The SMILES string of the molecule is CN1CCC(CNC(=O)CNC(=O)N(C)C)(c2ccccc2)CC1. The standard InChI is InChI=1S/C18H28N4O2/c1-21(2)17(24)19-13-16(23)20-14-18(9-11-22(3)12-10-18)15-7-5-4-6-8-15/h4-8H,9-14H2,1-3H3,(H,19,24)(H,20,23). The minimum Gasteiger partial charge on any atom is -0.354 e. The van der Waals surface area contributed by atoms with Crippen LogP contribution in [0.3, 0.4) is 0 Å². The molecule has 6 nitrogen and oxygen atoms in total. The van der Waals surface area contributed by atoms with Gasteiger partial charge < -0.3 is 20.4 Å². The Morgan fingerprint density at radius 3 is 2.33 bits per heavy atom. The molecule has 0 aromatic heterocycles. The molecule has 132 valence electrons. The Bertz CT molecular complexity index is 551. The Labute approximate surface area is 144 Å². The fourth-order valence-electron chi connectivity index (χ4n) is 3.05. The Morgan fingerprint density at radius 2 is 1.75 bits per heavy atom. The fourth-order valence-corrected chi connectivity index (χ4v) is 3.05. The molecule has 1 aliphatic rings. The van der Waals surface area contributed by atoms with Crippen LogP contribution in [0.15, 0.2) is 30.3 Å². The van der Waals surface area contributed by atoms with Crippen molar-refractivity contribution in [1.29, 1.82) is 0 Å². The average Bonchev–Trinajstić information content (AvgIpc) is 2.60. The van der Waals surface area contributed by atoms with E-state index in [1.165, 1.54) is 10.5 Å². The molecule has 2 N–H and O–H groups in total. The molecule has 0 unspecified atom stereocenters. The molecule has 2 rings (SSSR count). The lowest BCUT2D eigenvalue weighted by Gasteiger charge is -2.41. The van der Waals surface area contributed by atoms with E-state index in [1.54, 1.807) is 14.1 Å². The zero-order valence-electron chi connectivity index (χ0n) is 14.8. The van der Waals surface area contributed by atoms with Gasteiger partial charge >= 0.3 is 6.03 Å². The lowest BCUT2D eigenvalue weighted by Crippen LogP contribution is -2.50. The highest BCUT2D eigenvalue weighted by Crippen LogP contribution is 2.34. The van der Waals surface area contributed by atoms with Crippen molar-refractivity contribution in [3.63, 3.8) is 0 Å². The Kier molecular flexibility index (Phi) is 6.20. The van der Waals surface area contributed by atoms with Gasteiger partial charge in [0.1, 0.15) is 0 Å². The second-order valence-electron chi connectivity index (χ2n) is 6.78. The van der Waals surface area contributed by atoms with Gasteiger partial charge in [0.05, 0.1) is 6.54 Å². The lowest BCUT2D eigenvalue weighted by molar-refractivity contribution is -0.120. The van der Waals surface area contributed by atoms with E-state index in [4.69, 9.17) is 0 Å². The highest BCUT2D eigenvalue weighted by molar-refractivity contribution is 5.83. The van der Waals surface area contributed by atoms with Crippen molar-refractivity contribution in [2.45, 2.75) is 18.3 Å². The van der Waals surface area contributed by atoms with Gasteiger partial charge in [0.2, 0.25) is 5.91 Å². The summed E-state index contributed by atoms with van der Waals surface area (Å²) in [6.07, 6.45) is 2.02. The summed E-state index contributed by atoms with van der Waals surface area (Å²) in [6.45, 7) is 2.63. The number of urea groups is 1. The Hall–Kier alpha value is -2.08. The second kappa shape index (κ2) is 8.15. The van der Waals surface area contributed by atoms with Crippen molar-refractivity contribution in [2.24, 2.45) is 0 Å². The molecule has 1 aliphatic heterocycles. The third kappa shape index (κ3) is 4.71. The minimum atomic E-state index is -0.262. The van der Waals surface area contributed by atoms with Crippen LogP contribution in [0.4, 0.5) is 4.79 Å². The van der Waals surface area contributed by atoms with Crippen LogP contribution in [0.25, 0.3) is 0 Å². The average molecular weight is 332 g/mol. The number of piperidine rings is 1. The van der Waals surface area contributed by atoms with E-state index < -0.39 is 0 Å². The molecule has 1 fully saturated rings.